The first-order chi connectivity index (χ1) is 16.1. The summed E-state index contributed by atoms with van der Waals surface area (Å²) < 4.78 is 6.10. The van der Waals surface area contributed by atoms with Crippen LogP contribution in [-0.4, -0.2) is 35.1 Å². The summed E-state index contributed by atoms with van der Waals surface area (Å²) in [6, 6.07) is 22.5. The summed E-state index contributed by atoms with van der Waals surface area (Å²) >= 11 is 0. The highest BCUT2D eigenvalue weighted by atomic mass is 16.5. The number of carbonyl (C=O) groups excluding carboxylic acids is 2. The van der Waals surface area contributed by atoms with Gasteiger partial charge in [0.1, 0.15) is 0 Å². The number of hydrazine groups is 1. The van der Waals surface area contributed by atoms with E-state index in [-0.39, 0.29) is 24.0 Å². The number of nitrogens with zero attached hydrogens (tertiary/aromatic N) is 2. The van der Waals surface area contributed by atoms with Gasteiger partial charge in [-0.05, 0) is 48.5 Å². The van der Waals surface area contributed by atoms with Crippen molar-refractivity contribution >= 4 is 34.4 Å². The first kappa shape index (κ1) is 21.7. The fourth-order valence-electron chi connectivity index (χ4n) is 3.25. The lowest BCUT2D eigenvalue weighted by atomic mass is 10.2. The number of benzene rings is 3. The number of anilines is 2. The highest BCUT2D eigenvalue weighted by molar-refractivity contribution is 5.94. The molecule has 0 atom stereocenters. The van der Waals surface area contributed by atoms with Gasteiger partial charge in [0.2, 0.25) is 11.9 Å². The molecule has 0 aliphatic rings. The standard InChI is InChI=1S/C24H21N5O4/c1-33-23(32)16-11-13-17(14-12-16)26-21(30)15-25-28-24-27-20-10-6-5-9-19(20)22(31)29(24)18-7-3-2-4-8-18/h2-14,25H,15H2,1H3,(H,26,30)(H,27,28). The maximum Gasteiger partial charge on any atom is 0.337 e. The zero-order chi connectivity index (χ0) is 23.2. The lowest BCUT2D eigenvalue weighted by Gasteiger charge is -2.15. The van der Waals surface area contributed by atoms with Gasteiger partial charge in [-0.25, -0.2) is 19.8 Å². The number of aromatic nitrogens is 2. The maximum absolute atomic E-state index is 13.1. The molecule has 0 saturated heterocycles. The molecule has 9 nitrogen and oxygen atoms in total. The van der Waals surface area contributed by atoms with Gasteiger partial charge >= 0.3 is 5.97 Å². The second-order valence-electron chi connectivity index (χ2n) is 7.02. The van der Waals surface area contributed by atoms with Crippen LogP contribution in [0.4, 0.5) is 11.6 Å². The largest absolute Gasteiger partial charge is 0.465 e. The average Bonchev–Trinajstić information content (AvgIpc) is 2.85. The van der Waals surface area contributed by atoms with Crippen molar-refractivity contribution in [2.45, 2.75) is 0 Å². The molecule has 166 valence electrons. The van der Waals surface area contributed by atoms with E-state index in [0.29, 0.717) is 27.8 Å². The molecule has 1 heterocycles. The van der Waals surface area contributed by atoms with Crippen LogP contribution in [0.15, 0.2) is 83.7 Å². The van der Waals surface area contributed by atoms with Gasteiger partial charge < -0.3 is 10.1 Å². The van der Waals surface area contributed by atoms with E-state index in [9.17, 15) is 14.4 Å². The Morgan fingerprint density at radius 3 is 2.36 bits per heavy atom. The highest BCUT2D eigenvalue weighted by Crippen LogP contribution is 2.15. The molecule has 0 bridgehead atoms. The number of rotatable bonds is 7. The van der Waals surface area contributed by atoms with Gasteiger partial charge in [-0.15, -0.1) is 0 Å². The van der Waals surface area contributed by atoms with Gasteiger partial charge in [-0.3, -0.25) is 15.0 Å². The lowest BCUT2D eigenvalue weighted by Crippen LogP contribution is -2.35. The third-order valence-electron chi connectivity index (χ3n) is 4.83. The fourth-order valence-corrected chi connectivity index (χ4v) is 3.25. The van der Waals surface area contributed by atoms with Gasteiger partial charge in [0, 0.05) is 5.69 Å². The Morgan fingerprint density at radius 2 is 1.64 bits per heavy atom. The Morgan fingerprint density at radius 1 is 0.939 bits per heavy atom. The van der Waals surface area contributed by atoms with E-state index in [4.69, 9.17) is 0 Å². The molecule has 4 rings (SSSR count). The molecule has 0 aliphatic heterocycles. The van der Waals surface area contributed by atoms with Crippen molar-refractivity contribution in [1.29, 1.82) is 0 Å². The van der Waals surface area contributed by atoms with Crippen molar-refractivity contribution in [2.24, 2.45) is 0 Å². The molecule has 4 aromatic rings. The van der Waals surface area contributed by atoms with Crippen LogP contribution in [-0.2, 0) is 9.53 Å². The minimum absolute atomic E-state index is 0.101. The first-order valence-corrected chi connectivity index (χ1v) is 10.1. The second-order valence-corrected chi connectivity index (χ2v) is 7.02. The monoisotopic (exact) mass is 443 g/mol. The van der Waals surface area contributed by atoms with Crippen molar-refractivity contribution in [1.82, 2.24) is 15.0 Å². The quantitative estimate of drug-likeness (QED) is 0.297. The zero-order valence-corrected chi connectivity index (χ0v) is 17.7. The molecule has 0 aliphatic carbocycles. The molecular formula is C24H21N5O4. The number of hydrogen-bond donors (Lipinski definition) is 3. The minimum atomic E-state index is -0.453. The number of carbonyl (C=O) groups is 2. The Balaban J connectivity index is 1.48. The number of hydrogen-bond acceptors (Lipinski definition) is 7. The van der Waals surface area contributed by atoms with E-state index >= 15 is 0 Å². The van der Waals surface area contributed by atoms with Gasteiger partial charge in [-0.2, -0.15) is 0 Å². The molecular weight excluding hydrogens is 422 g/mol. The summed E-state index contributed by atoms with van der Waals surface area (Å²) in [5, 5.41) is 3.20. The molecule has 0 radical (unpaired) electrons. The molecule has 1 amide bonds. The van der Waals surface area contributed by atoms with E-state index < -0.39 is 5.97 Å². The van der Waals surface area contributed by atoms with Crippen LogP contribution < -0.4 is 21.7 Å². The van der Waals surface area contributed by atoms with E-state index in [0.717, 1.165) is 0 Å². The summed E-state index contributed by atoms with van der Waals surface area (Å²) in [5.74, 6) is -0.533. The zero-order valence-electron chi connectivity index (χ0n) is 17.7. The molecule has 0 unspecified atom stereocenters. The number of para-hydroxylation sites is 2. The second kappa shape index (κ2) is 9.75. The smallest absolute Gasteiger partial charge is 0.337 e. The number of amides is 1. The number of ether oxygens (including phenoxy) is 1. The topological polar surface area (TPSA) is 114 Å². The molecule has 0 fully saturated rings. The van der Waals surface area contributed by atoms with E-state index in [2.05, 4.69) is 25.9 Å². The molecule has 0 saturated carbocycles. The van der Waals surface area contributed by atoms with Crippen LogP contribution in [0, 0.1) is 0 Å². The van der Waals surface area contributed by atoms with Crippen molar-refractivity contribution in [2.75, 3.05) is 24.4 Å². The van der Waals surface area contributed by atoms with Gasteiger partial charge in [0.05, 0.1) is 35.8 Å². The SMILES string of the molecule is COC(=O)c1ccc(NC(=O)CNNc2nc3ccccc3c(=O)n2-c2ccccc2)cc1. The predicted octanol–water partition coefficient (Wildman–Crippen LogP) is 2.73. The number of esters is 1. The molecule has 0 spiro atoms. The highest BCUT2D eigenvalue weighted by Gasteiger charge is 2.13. The van der Waals surface area contributed by atoms with Gasteiger partial charge in [-0.1, -0.05) is 30.3 Å². The molecule has 3 aromatic carbocycles. The molecule has 1 aromatic heterocycles. The summed E-state index contributed by atoms with van der Waals surface area (Å²) in [5.41, 5.74) is 7.54. The van der Waals surface area contributed by atoms with Crippen LogP contribution in [0.25, 0.3) is 16.6 Å². The van der Waals surface area contributed by atoms with Crippen molar-refractivity contribution < 1.29 is 14.3 Å². The minimum Gasteiger partial charge on any atom is -0.465 e. The van der Waals surface area contributed by atoms with Crippen LogP contribution in [0.5, 0.6) is 0 Å². The lowest BCUT2D eigenvalue weighted by molar-refractivity contribution is -0.115. The Hall–Kier alpha value is -4.50. The van der Waals surface area contributed by atoms with Crippen LogP contribution in [0.2, 0.25) is 0 Å². The van der Waals surface area contributed by atoms with Crippen molar-refractivity contribution in [3.63, 3.8) is 0 Å². The molecule has 9 heteroatoms. The average molecular weight is 443 g/mol. The third-order valence-corrected chi connectivity index (χ3v) is 4.83. The van der Waals surface area contributed by atoms with Gasteiger partial charge in [0.25, 0.3) is 5.56 Å². The van der Waals surface area contributed by atoms with E-state index in [1.807, 2.05) is 18.2 Å². The van der Waals surface area contributed by atoms with Gasteiger partial charge in [0.15, 0.2) is 0 Å². The summed E-state index contributed by atoms with van der Waals surface area (Å²) in [7, 11) is 1.30. The summed E-state index contributed by atoms with van der Waals surface area (Å²) in [4.78, 5) is 41.5. The Kier molecular flexibility index (Phi) is 6.42. The number of methoxy groups -OCH3 is 1. The van der Waals surface area contributed by atoms with Crippen molar-refractivity contribution in [3.05, 3.63) is 94.8 Å². The first-order valence-electron chi connectivity index (χ1n) is 10.1. The normalized spacial score (nSPS) is 10.6. The third kappa shape index (κ3) is 4.89. The van der Waals surface area contributed by atoms with Crippen LogP contribution in [0.1, 0.15) is 10.4 Å². The van der Waals surface area contributed by atoms with E-state index in [1.54, 1.807) is 60.7 Å². The Bertz CT molecular complexity index is 1350. The number of fused-ring (bicyclic) bond motifs is 1. The molecule has 33 heavy (non-hydrogen) atoms. The fraction of sp³-hybridized carbons (Fsp3) is 0.0833. The maximum atomic E-state index is 13.1. The predicted molar refractivity (Wildman–Crippen MR) is 125 cm³/mol. The summed E-state index contributed by atoms with van der Waals surface area (Å²) in [6.45, 7) is -0.101. The Labute approximate surface area is 189 Å². The van der Waals surface area contributed by atoms with Crippen LogP contribution in [0.3, 0.4) is 0 Å². The van der Waals surface area contributed by atoms with E-state index in [1.165, 1.54) is 11.7 Å². The van der Waals surface area contributed by atoms with Crippen LogP contribution >= 0.6 is 0 Å². The summed E-state index contributed by atoms with van der Waals surface area (Å²) in [6.07, 6.45) is 0. The number of nitrogens with one attached hydrogen (secondary N) is 3. The molecule has 3 N–H and O–H groups in total. The van der Waals surface area contributed by atoms with Crippen molar-refractivity contribution in [3.8, 4) is 5.69 Å².